The number of benzene rings is 1. The minimum atomic E-state index is -0.464. The molecular weight excluding hydrogens is 358 g/mol. The van der Waals surface area contributed by atoms with E-state index in [9.17, 15) is 9.59 Å². The molecule has 4 rings (SSSR count). The van der Waals surface area contributed by atoms with E-state index in [1.165, 1.54) is 6.26 Å². The quantitative estimate of drug-likeness (QED) is 0.743. The van der Waals surface area contributed by atoms with Crippen LogP contribution in [0, 0.1) is 0 Å². The van der Waals surface area contributed by atoms with Gasteiger partial charge in [0.15, 0.2) is 5.76 Å². The second-order valence-corrected chi connectivity index (χ2v) is 6.46. The van der Waals surface area contributed by atoms with Gasteiger partial charge in [-0.25, -0.2) is 4.98 Å². The number of hydrogen-bond acceptors (Lipinski definition) is 6. The number of rotatable bonds is 4. The van der Waals surface area contributed by atoms with Crippen molar-refractivity contribution in [3.05, 3.63) is 66.4 Å². The van der Waals surface area contributed by atoms with Gasteiger partial charge in [-0.05, 0) is 24.3 Å². The number of amides is 2. The van der Waals surface area contributed by atoms with Crippen molar-refractivity contribution in [2.75, 3.05) is 31.1 Å². The predicted molar refractivity (Wildman–Crippen MR) is 103 cm³/mol. The van der Waals surface area contributed by atoms with Crippen molar-refractivity contribution in [2.24, 2.45) is 5.73 Å². The van der Waals surface area contributed by atoms with E-state index in [0.29, 0.717) is 43.2 Å². The monoisotopic (exact) mass is 377 g/mol. The van der Waals surface area contributed by atoms with Crippen LogP contribution in [-0.2, 0) is 0 Å². The van der Waals surface area contributed by atoms with Crippen molar-refractivity contribution >= 4 is 17.6 Å². The van der Waals surface area contributed by atoms with Gasteiger partial charge in [0.1, 0.15) is 5.82 Å². The molecule has 0 saturated carbocycles. The fourth-order valence-electron chi connectivity index (χ4n) is 3.15. The Labute approximate surface area is 161 Å². The minimum absolute atomic E-state index is 0.0981. The van der Waals surface area contributed by atoms with Crippen molar-refractivity contribution in [3.63, 3.8) is 0 Å². The molecule has 3 heterocycles. The Bertz CT molecular complexity index is 977. The molecule has 0 unspecified atom stereocenters. The number of aromatic nitrogens is 2. The first-order chi connectivity index (χ1) is 13.6. The van der Waals surface area contributed by atoms with E-state index in [0.717, 1.165) is 11.4 Å². The number of furan rings is 1. The smallest absolute Gasteiger partial charge is 0.289 e. The zero-order valence-corrected chi connectivity index (χ0v) is 15.1. The lowest BCUT2D eigenvalue weighted by Crippen LogP contribution is -2.49. The lowest BCUT2D eigenvalue weighted by Gasteiger charge is -2.34. The third-order valence-electron chi connectivity index (χ3n) is 4.71. The summed E-state index contributed by atoms with van der Waals surface area (Å²) in [6, 6.07) is 10.3. The van der Waals surface area contributed by atoms with Crippen LogP contribution in [0.4, 0.5) is 5.82 Å². The lowest BCUT2D eigenvalue weighted by molar-refractivity contribution is 0.0714. The first-order valence-electron chi connectivity index (χ1n) is 8.92. The van der Waals surface area contributed by atoms with Crippen molar-refractivity contribution in [1.29, 1.82) is 0 Å². The zero-order valence-electron chi connectivity index (χ0n) is 15.1. The van der Waals surface area contributed by atoms with E-state index in [4.69, 9.17) is 10.2 Å². The third kappa shape index (κ3) is 3.57. The van der Waals surface area contributed by atoms with Crippen LogP contribution >= 0.6 is 0 Å². The molecule has 1 saturated heterocycles. The average molecular weight is 377 g/mol. The van der Waals surface area contributed by atoms with Gasteiger partial charge < -0.3 is 20.0 Å². The highest BCUT2D eigenvalue weighted by atomic mass is 16.3. The standard InChI is InChI=1S/C20H19N5O3/c21-19(26)15-5-3-14(4-6-15)16-12-22-13-18(23-16)24-7-9-25(10-8-24)20(27)17-2-1-11-28-17/h1-6,11-13H,7-10H2,(H2,21,26). The topological polar surface area (TPSA) is 106 Å². The molecule has 2 N–H and O–H groups in total. The van der Waals surface area contributed by atoms with Crippen LogP contribution in [0.5, 0.6) is 0 Å². The van der Waals surface area contributed by atoms with Crippen molar-refractivity contribution in [2.45, 2.75) is 0 Å². The van der Waals surface area contributed by atoms with Gasteiger partial charge in [-0.15, -0.1) is 0 Å². The number of carbonyl (C=O) groups is 2. The summed E-state index contributed by atoms with van der Waals surface area (Å²) in [6.45, 7) is 2.48. The summed E-state index contributed by atoms with van der Waals surface area (Å²) < 4.78 is 5.19. The average Bonchev–Trinajstić information content (AvgIpc) is 3.28. The minimum Gasteiger partial charge on any atom is -0.459 e. The van der Waals surface area contributed by atoms with Crippen LogP contribution in [0.2, 0.25) is 0 Å². The highest BCUT2D eigenvalue weighted by Gasteiger charge is 2.24. The summed E-state index contributed by atoms with van der Waals surface area (Å²) in [5.74, 6) is 0.545. The molecule has 8 nitrogen and oxygen atoms in total. The predicted octanol–water partition coefficient (Wildman–Crippen LogP) is 1.80. The van der Waals surface area contributed by atoms with Gasteiger partial charge in [0.2, 0.25) is 5.91 Å². The number of anilines is 1. The first-order valence-corrected chi connectivity index (χ1v) is 8.92. The Morgan fingerprint density at radius 2 is 1.75 bits per heavy atom. The summed E-state index contributed by atoms with van der Waals surface area (Å²) >= 11 is 0. The van der Waals surface area contributed by atoms with Crippen molar-refractivity contribution in [1.82, 2.24) is 14.9 Å². The molecule has 2 amide bonds. The van der Waals surface area contributed by atoms with Crippen LogP contribution in [0.1, 0.15) is 20.9 Å². The number of primary amides is 1. The van der Waals surface area contributed by atoms with Crippen LogP contribution < -0.4 is 10.6 Å². The molecule has 0 atom stereocenters. The molecule has 0 spiro atoms. The highest BCUT2D eigenvalue weighted by Crippen LogP contribution is 2.21. The van der Waals surface area contributed by atoms with Gasteiger partial charge in [0, 0.05) is 37.3 Å². The van der Waals surface area contributed by atoms with Crippen LogP contribution in [0.15, 0.2) is 59.5 Å². The number of carbonyl (C=O) groups excluding carboxylic acids is 2. The van der Waals surface area contributed by atoms with Gasteiger partial charge >= 0.3 is 0 Å². The molecule has 2 aromatic heterocycles. The summed E-state index contributed by atoms with van der Waals surface area (Å²) in [4.78, 5) is 36.4. The fraction of sp³-hybridized carbons (Fsp3) is 0.200. The van der Waals surface area contributed by atoms with E-state index >= 15 is 0 Å². The number of hydrogen-bond donors (Lipinski definition) is 1. The highest BCUT2D eigenvalue weighted by molar-refractivity contribution is 5.93. The molecule has 8 heteroatoms. The molecule has 0 aliphatic carbocycles. The largest absolute Gasteiger partial charge is 0.459 e. The molecule has 1 fully saturated rings. The zero-order chi connectivity index (χ0) is 19.5. The summed E-state index contributed by atoms with van der Waals surface area (Å²) in [5, 5.41) is 0. The molecule has 0 bridgehead atoms. The SMILES string of the molecule is NC(=O)c1ccc(-c2cncc(N3CCN(C(=O)c4ccco4)CC3)n2)cc1. The molecule has 3 aromatic rings. The maximum Gasteiger partial charge on any atom is 0.289 e. The Balaban J connectivity index is 1.45. The maximum absolute atomic E-state index is 12.4. The molecule has 142 valence electrons. The number of nitrogens with zero attached hydrogens (tertiary/aromatic N) is 4. The number of nitrogens with two attached hydrogens (primary N) is 1. The van der Waals surface area contributed by atoms with Crippen molar-refractivity contribution in [3.8, 4) is 11.3 Å². The van der Waals surface area contributed by atoms with Gasteiger partial charge in [0.05, 0.1) is 24.4 Å². The molecule has 28 heavy (non-hydrogen) atoms. The van der Waals surface area contributed by atoms with Crippen LogP contribution in [0.3, 0.4) is 0 Å². The van der Waals surface area contributed by atoms with E-state index in [2.05, 4.69) is 14.9 Å². The third-order valence-corrected chi connectivity index (χ3v) is 4.71. The lowest BCUT2D eigenvalue weighted by atomic mass is 10.1. The van der Waals surface area contributed by atoms with E-state index in [-0.39, 0.29) is 5.91 Å². The van der Waals surface area contributed by atoms with E-state index in [1.807, 2.05) is 0 Å². The van der Waals surface area contributed by atoms with Gasteiger partial charge in [-0.1, -0.05) is 12.1 Å². The second kappa shape index (κ2) is 7.51. The summed E-state index contributed by atoms with van der Waals surface area (Å²) in [7, 11) is 0. The Morgan fingerprint density at radius 3 is 2.39 bits per heavy atom. The molecule has 1 aliphatic rings. The summed E-state index contributed by atoms with van der Waals surface area (Å²) in [6.07, 6.45) is 4.89. The maximum atomic E-state index is 12.4. The molecule has 0 radical (unpaired) electrons. The Hall–Kier alpha value is -3.68. The fourth-order valence-corrected chi connectivity index (χ4v) is 3.15. The number of piperazine rings is 1. The van der Waals surface area contributed by atoms with Crippen LogP contribution in [-0.4, -0.2) is 52.9 Å². The van der Waals surface area contributed by atoms with Crippen molar-refractivity contribution < 1.29 is 14.0 Å². The van der Waals surface area contributed by atoms with E-state index in [1.54, 1.807) is 53.7 Å². The van der Waals surface area contributed by atoms with Gasteiger partial charge in [-0.2, -0.15) is 0 Å². The summed E-state index contributed by atoms with van der Waals surface area (Å²) in [5.41, 5.74) is 7.29. The van der Waals surface area contributed by atoms with Gasteiger partial charge in [0.25, 0.3) is 5.91 Å². The molecular formula is C20H19N5O3. The van der Waals surface area contributed by atoms with Crippen LogP contribution in [0.25, 0.3) is 11.3 Å². The van der Waals surface area contributed by atoms with E-state index < -0.39 is 5.91 Å². The first kappa shape index (κ1) is 17.7. The van der Waals surface area contributed by atoms with Gasteiger partial charge in [-0.3, -0.25) is 14.6 Å². The normalized spacial score (nSPS) is 14.1. The second-order valence-electron chi connectivity index (χ2n) is 6.46. The Morgan fingerprint density at radius 1 is 1.00 bits per heavy atom. The molecule has 1 aromatic carbocycles. The molecule has 1 aliphatic heterocycles. The Kier molecular flexibility index (Phi) is 4.76.